The van der Waals surface area contributed by atoms with Gasteiger partial charge in [-0.1, -0.05) is 11.6 Å². The molecule has 1 aromatic carbocycles. The van der Waals surface area contributed by atoms with E-state index >= 15 is 0 Å². The quantitative estimate of drug-likeness (QED) is 0.673. The Morgan fingerprint density at radius 3 is 2.65 bits per heavy atom. The third-order valence-electron chi connectivity index (χ3n) is 4.13. The highest BCUT2D eigenvalue weighted by molar-refractivity contribution is 6.34. The Kier molecular flexibility index (Phi) is 4.21. The standard InChI is InChI=1S/C15H16ClN3O4/c16-12-8-10(19(22)23)5-6-11(12)15(21)18-7-1-2-13(18)14(20)17-9-3-4-9/h5-6,8-9,13H,1-4,7H2,(H,17,20)/t13-/m1/s1. The van der Waals surface area contributed by atoms with Crippen LogP contribution in [0.3, 0.4) is 0 Å². The van der Waals surface area contributed by atoms with Crippen molar-refractivity contribution >= 4 is 29.1 Å². The van der Waals surface area contributed by atoms with Crippen LogP contribution >= 0.6 is 11.6 Å². The molecule has 3 rings (SSSR count). The Morgan fingerprint density at radius 1 is 1.30 bits per heavy atom. The highest BCUT2D eigenvalue weighted by Gasteiger charge is 2.37. The van der Waals surface area contributed by atoms with E-state index < -0.39 is 11.0 Å². The van der Waals surface area contributed by atoms with Crippen LogP contribution in [0, 0.1) is 10.1 Å². The second kappa shape index (κ2) is 6.16. The average molecular weight is 338 g/mol. The number of non-ortho nitro benzene ring substituents is 1. The lowest BCUT2D eigenvalue weighted by atomic mass is 10.1. The number of amides is 2. The van der Waals surface area contributed by atoms with Crippen LogP contribution < -0.4 is 5.32 Å². The normalized spacial score (nSPS) is 20.4. The Labute approximate surface area is 137 Å². The molecular weight excluding hydrogens is 322 g/mol. The van der Waals surface area contributed by atoms with Crippen molar-refractivity contribution in [1.82, 2.24) is 10.2 Å². The molecule has 7 nitrogen and oxygen atoms in total. The minimum absolute atomic E-state index is 0.0254. The molecule has 1 heterocycles. The molecular formula is C15H16ClN3O4. The summed E-state index contributed by atoms with van der Waals surface area (Å²) in [6.45, 7) is 0.481. The maximum atomic E-state index is 12.7. The van der Waals surface area contributed by atoms with Crippen molar-refractivity contribution in [2.45, 2.75) is 37.8 Å². The first-order valence-corrected chi connectivity index (χ1v) is 7.90. The summed E-state index contributed by atoms with van der Waals surface area (Å²) >= 11 is 6.02. The summed E-state index contributed by atoms with van der Waals surface area (Å²) in [6.07, 6.45) is 3.34. The summed E-state index contributed by atoms with van der Waals surface area (Å²) in [4.78, 5) is 36.6. The summed E-state index contributed by atoms with van der Waals surface area (Å²) in [7, 11) is 0. The number of nitro groups is 1. The van der Waals surface area contributed by atoms with Crippen LogP contribution in [0.1, 0.15) is 36.0 Å². The zero-order chi connectivity index (χ0) is 16.6. The molecule has 0 aromatic heterocycles. The molecule has 2 aliphatic rings. The Hall–Kier alpha value is -2.15. The van der Waals surface area contributed by atoms with E-state index in [4.69, 9.17) is 11.6 Å². The Bertz CT molecular complexity index is 675. The minimum atomic E-state index is -0.568. The topological polar surface area (TPSA) is 92.6 Å². The molecule has 1 saturated carbocycles. The smallest absolute Gasteiger partial charge is 0.270 e. The lowest BCUT2D eigenvalue weighted by Gasteiger charge is -2.24. The van der Waals surface area contributed by atoms with Crippen molar-refractivity contribution in [3.8, 4) is 0 Å². The van der Waals surface area contributed by atoms with Crippen LogP contribution in [0.5, 0.6) is 0 Å². The van der Waals surface area contributed by atoms with Crippen molar-refractivity contribution < 1.29 is 14.5 Å². The number of nitrogens with zero attached hydrogens (tertiary/aromatic N) is 2. The summed E-state index contributed by atoms with van der Waals surface area (Å²) in [5, 5.41) is 13.7. The van der Waals surface area contributed by atoms with Gasteiger partial charge in [0.1, 0.15) is 6.04 Å². The number of benzene rings is 1. The van der Waals surface area contributed by atoms with Crippen LogP contribution in [0.15, 0.2) is 18.2 Å². The second-order valence-electron chi connectivity index (χ2n) is 5.86. The van der Waals surface area contributed by atoms with E-state index in [-0.39, 0.29) is 34.1 Å². The molecule has 8 heteroatoms. The van der Waals surface area contributed by atoms with Gasteiger partial charge in [-0.25, -0.2) is 0 Å². The molecule has 2 amide bonds. The molecule has 0 bridgehead atoms. The van der Waals surface area contributed by atoms with Gasteiger partial charge in [0.05, 0.1) is 15.5 Å². The maximum absolute atomic E-state index is 12.7. The largest absolute Gasteiger partial charge is 0.352 e. The molecule has 1 atom stereocenters. The van der Waals surface area contributed by atoms with E-state index in [2.05, 4.69) is 5.32 Å². The first kappa shape index (κ1) is 15.7. The monoisotopic (exact) mass is 337 g/mol. The molecule has 122 valence electrons. The van der Waals surface area contributed by atoms with Crippen molar-refractivity contribution in [3.63, 3.8) is 0 Å². The minimum Gasteiger partial charge on any atom is -0.352 e. The third-order valence-corrected chi connectivity index (χ3v) is 4.45. The number of likely N-dealkylation sites (tertiary alicyclic amines) is 1. The van der Waals surface area contributed by atoms with Gasteiger partial charge in [-0.05, 0) is 31.7 Å². The lowest BCUT2D eigenvalue weighted by molar-refractivity contribution is -0.384. The predicted molar refractivity (Wildman–Crippen MR) is 83.3 cm³/mol. The third kappa shape index (κ3) is 3.29. The zero-order valence-electron chi connectivity index (χ0n) is 12.3. The predicted octanol–water partition coefficient (Wildman–Crippen LogP) is 2.13. The van der Waals surface area contributed by atoms with Gasteiger partial charge < -0.3 is 10.2 Å². The van der Waals surface area contributed by atoms with Crippen LogP contribution in [-0.4, -0.2) is 40.3 Å². The number of rotatable bonds is 4. The molecule has 1 N–H and O–H groups in total. The van der Waals surface area contributed by atoms with Gasteiger partial charge in [0.2, 0.25) is 5.91 Å². The van der Waals surface area contributed by atoms with Crippen LogP contribution in [-0.2, 0) is 4.79 Å². The van der Waals surface area contributed by atoms with E-state index in [1.165, 1.54) is 17.0 Å². The first-order valence-electron chi connectivity index (χ1n) is 7.52. The second-order valence-corrected chi connectivity index (χ2v) is 6.27. The molecule has 0 spiro atoms. The number of nitrogens with one attached hydrogen (secondary N) is 1. The van der Waals surface area contributed by atoms with Crippen molar-refractivity contribution in [2.75, 3.05) is 6.54 Å². The van der Waals surface area contributed by atoms with Gasteiger partial charge in [-0.3, -0.25) is 19.7 Å². The highest BCUT2D eigenvalue weighted by atomic mass is 35.5. The number of hydrogen-bond donors (Lipinski definition) is 1. The zero-order valence-corrected chi connectivity index (χ0v) is 13.1. The Morgan fingerprint density at radius 2 is 2.04 bits per heavy atom. The number of hydrogen-bond acceptors (Lipinski definition) is 4. The molecule has 0 unspecified atom stereocenters. The van der Waals surface area contributed by atoms with E-state index in [9.17, 15) is 19.7 Å². The van der Waals surface area contributed by atoms with Crippen LogP contribution in [0.25, 0.3) is 0 Å². The number of carbonyl (C=O) groups is 2. The SMILES string of the molecule is O=C(NC1CC1)[C@H]1CCCN1C(=O)c1ccc([N+](=O)[O-])cc1Cl. The van der Waals surface area contributed by atoms with E-state index in [1.54, 1.807) is 0 Å². The van der Waals surface area contributed by atoms with Crippen LogP contribution in [0.4, 0.5) is 5.69 Å². The van der Waals surface area contributed by atoms with E-state index in [0.717, 1.165) is 25.3 Å². The number of nitro benzene ring substituents is 1. The molecule has 1 aromatic rings. The van der Waals surface area contributed by atoms with Crippen LogP contribution in [0.2, 0.25) is 5.02 Å². The van der Waals surface area contributed by atoms with Gasteiger partial charge >= 0.3 is 0 Å². The molecule has 0 radical (unpaired) electrons. The van der Waals surface area contributed by atoms with Crippen molar-refractivity contribution in [3.05, 3.63) is 38.9 Å². The summed E-state index contributed by atoms with van der Waals surface area (Å²) in [5.74, 6) is -0.491. The summed E-state index contributed by atoms with van der Waals surface area (Å²) < 4.78 is 0. The lowest BCUT2D eigenvalue weighted by Crippen LogP contribution is -2.46. The van der Waals surface area contributed by atoms with Gasteiger partial charge in [-0.15, -0.1) is 0 Å². The first-order chi connectivity index (χ1) is 11.0. The molecule has 1 aliphatic heterocycles. The molecule has 2 fully saturated rings. The summed E-state index contributed by atoms with van der Waals surface area (Å²) in [5.41, 5.74) is 0.0133. The fourth-order valence-corrected chi connectivity index (χ4v) is 3.01. The fraction of sp³-hybridized carbons (Fsp3) is 0.467. The Balaban J connectivity index is 1.78. The fourth-order valence-electron chi connectivity index (χ4n) is 2.75. The summed E-state index contributed by atoms with van der Waals surface area (Å²) in [6, 6.07) is 3.49. The van der Waals surface area contributed by atoms with Gasteiger partial charge in [0.25, 0.3) is 11.6 Å². The molecule has 1 saturated heterocycles. The van der Waals surface area contributed by atoms with Crippen molar-refractivity contribution in [2.24, 2.45) is 0 Å². The van der Waals surface area contributed by atoms with E-state index in [0.29, 0.717) is 13.0 Å². The van der Waals surface area contributed by atoms with Crippen molar-refractivity contribution in [1.29, 1.82) is 0 Å². The molecule has 1 aliphatic carbocycles. The van der Waals surface area contributed by atoms with Gasteiger partial charge in [0, 0.05) is 24.7 Å². The van der Waals surface area contributed by atoms with E-state index in [1.807, 2.05) is 0 Å². The maximum Gasteiger partial charge on any atom is 0.270 e. The number of halogens is 1. The average Bonchev–Trinajstić information content (AvgIpc) is 3.18. The number of carbonyl (C=O) groups excluding carboxylic acids is 2. The van der Waals surface area contributed by atoms with Gasteiger partial charge in [0.15, 0.2) is 0 Å². The van der Waals surface area contributed by atoms with Gasteiger partial charge in [-0.2, -0.15) is 0 Å². The molecule has 23 heavy (non-hydrogen) atoms. The highest BCUT2D eigenvalue weighted by Crippen LogP contribution is 2.28.